The molecule has 0 aliphatic carbocycles. The van der Waals surface area contributed by atoms with Gasteiger partial charge in [-0.1, -0.05) is 12.1 Å². The van der Waals surface area contributed by atoms with E-state index in [-0.39, 0.29) is 10.8 Å². The highest BCUT2D eigenvalue weighted by Crippen LogP contribution is 2.15. The molecule has 0 heterocycles. The van der Waals surface area contributed by atoms with Crippen LogP contribution >= 0.6 is 0 Å². The molecule has 0 fully saturated rings. The van der Waals surface area contributed by atoms with E-state index >= 15 is 0 Å². The first-order valence-electron chi connectivity index (χ1n) is 7.16. The molecule has 1 aromatic carbocycles. The molecule has 124 valence electrons. The SMILES string of the molecule is COCCCN(C)S(=O)(=O)c1ccc(CCNC(C)=O)cc1. The number of amides is 1. The minimum atomic E-state index is -3.46. The molecule has 1 aromatic rings. The second-order valence-electron chi connectivity index (χ2n) is 5.05. The molecule has 1 amide bonds. The Labute approximate surface area is 132 Å². The first-order valence-corrected chi connectivity index (χ1v) is 8.60. The second kappa shape index (κ2) is 8.87. The summed E-state index contributed by atoms with van der Waals surface area (Å²) in [5, 5.41) is 2.71. The molecule has 0 bridgehead atoms. The van der Waals surface area contributed by atoms with Gasteiger partial charge in [-0.25, -0.2) is 12.7 Å². The number of nitrogens with zero attached hydrogens (tertiary/aromatic N) is 1. The van der Waals surface area contributed by atoms with E-state index in [1.54, 1.807) is 38.4 Å². The van der Waals surface area contributed by atoms with Crippen molar-refractivity contribution in [3.05, 3.63) is 29.8 Å². The monoisotopic (exact) mass is 328 g/mol. The van der Waals surface area contributed by atoms with Crippen LogP contribution in [0.25, 0.3) is 0 Å². The van der Waals surface area contributed by atoms with Crippen LogP contribution < -0.4 is 5.32 Å². The summed E-state index contributed by atoms with van der Waals surface area (Å²) < 4.78 is 31.0. The zero-order valence-electron chi connectivity index (χ0n) is 13.3. The van der Waals surface area contributed by atoms with E-state index in [1.807, 2.05) is 0 Å². The third-order valence-electron chi connectivity index (χ3n) is 3.24. The highest BCUT2D eigenvalue weighted by atomic mass is 32.2. The molecule has 6 nitrogen and oxygen atoms in total. The minimum absolute atomic E-state index is 0.0723. The van der Waals surface area contributed by atoms with Crippen LogP contribution in [0.15, 0.2) is 29.2 Å². The van der Waals surface area contributed by atoms with Gasteiger partial charge in [0.25, 0.3) is 0 Å². The first kappa shape index (κ1) is 18.6. The van der Waals surface area contributed by atoms with Gasteiger partial charge < -0.3 is 10.1 Å². The fraction of sp³-hybridized carbons (Fsp3) is 0.533. The molecule has 0 aliphatic rings. The molecule has 0 saturated carbocycles. The number of benzene rings is 1. The summed E-state index contributed by atoms with van der Waals surface area (Å²) in [6.45, 7) is 2.95. The van der Waals surface area contributed by atoms with Gasteiger partial charge in [0.15, 0.2) is 0 Å². The van der Waals surface area contributed by atoms with Gasteiger partial charge in [0.1, 0.15) is 0 Å². The lowest BCUT2D eigenvalue weighted by Gasteiger charge is -2.17. The maximum Gasteiger partial charge on any atom is 0.242 e. The summed E-state index contributed by atoms with van der Waals surface area (Å²) in [5.74, 6) is -0.0723. The molecular weight excluding hydrogens is 304 g/mol. The lowest BCUT2D eigenvalue weighted by molar-refractivity contribution is -0.118. The highest BCUT2D eigenvalue weighted by molar-refractivity contribution is 7.89. The molecule has 0 aromatic heterocycles. The Morgan fingerprint density at radius 3 is 2.45 bits per heavy atom. The number of hydrogen-bond acceptors (Lipinski definition) is 4. The third kappa shape index (κ3) is 5.75. The van der Waals surface area contributed by atoms with E-state index in [0.717, 1.165) is 5.56 Å². The molecule has 7 heteroatoms. The van der Waals surface area contributed by atoms with E-state index < -0.39 is 10.0 Å². The largest absolute Gasteiger partial charge is 0.385 e. The van der Waals surface area contributed by atoms with Crippen molar-refractivity contribution >= 4 is 15.9 Å². The summed E-state index contributed by atoms with van der Waals surface area (Å²) >= 11 is 0. The van der Waals surface area contributed by atoms with E-state index in [9.17, 15) is 13.2 Å². The first-order chi connectivity index (χ1) is 10.4. The standard InChI is InChI=1S/C15H24N2O4S/c1-13(18)16-10-9-14-5-7-15(8-6-14)22(19,20)17(2)11-4-12-21-3/h5-8H,4,9-12H2,1-3H3,(H,16,18). The van der Waals surface area contributed by atoms with Crippen molar-refractivity contribution in [2.75, 3.05) is 33.9 Å². The van der Waals surface area contributed by atoms with Crippen LogP contribution in [0, 0.1) is 0 Å². The van der Waals surface area contributed by atoms with Gasteiger partial charge in [-0.2, -0.15) is 0 Å². The maximum atomic E-state index is 12.4. The Bertz CT molecular complexity index is 570. The predicted molar refractivity (Wildman–Crippen MR) is 85.1 cm³/mol. The molecule has 0 unspecified atom stereocenters. The zero-order valence-corrected chi connectivity index (χ0v) is 14.1. The number of sulfonamides is 1. The van der Waals surface area contributed by atoms with Gasteiger partial charge >= 0.3 is 0 Å². The minimum Gasteiger partial charge on any atom is -0.385 e. The Kier molecular flexibility index (Phi) is 7.50. The molecule has 0 saturated heterocycles. The Balaban J connectivity index is 2.65. The van der Waals surface area contributed by atoms with Crippen LogP contribution in [0.4, 0.5) is 0 Å². The average molecular weight is 328 g/mol. The summed E-state index contributed by atoms with van der Waals surface area (Å²) in [6, 6.07) is 6.76. The van der Waals surface area contributed by atoms with E-state index in [1.165, 1.54) is 11.2 Å². The molecule has 0 spiro atoms. The van der Waals surface area contributed by atoms with Crippen LogP contribution in [0.3, 0.4) is 0 Å². The van der Waals surface area contributed by atoms with Crippen molar-refractivity contribution in [3.63, 3.8) is 0 Å². The molecular formula is C15H24N2O4S. The average Bonchev–Trinajstić information content (AvgIpc) is 2.47. The molecule has 1 rings (SSSR count). The lowest BCUT2D eigenvalue weighted by atomic mass is 10.1. The fourth-order valence-electron chi connectivity index (χ4n) is 1.94. The number of carbonyl (C=O) groups excluding carboxylic acids is 1. The number of rotatable bonds is 9. The van der Waals surface area contributed by atoms with Crippen LogP contribution in [0.1, 0.15) is 18.9 Å². The van der Waals surface area contributed by atoms with Gasteiger partial charge in [0.2, 0.25) is 15.9 Å². The summed E-state index contributed by atoms with van der Waals surface area (Å²) in [5.41, 5.74) is 0.981. The molecule has 1 N–H and O–H groups in total. The second-order valence-corrected chi connectivity index (χ2v) is 7.09. The van der Waals surface area contributed by atoms with Crippen molar-refractivity contribution in [3.8, 4) is 0 Å². The van der Waals surface area contributed by atoms with E-state index in [4.69, 9.17) is 4.74 Å². The summed E-state index contributed by atoms with van der Waals surface area (Å²) in [4.78, 5) is 11.1. The van der Waals surface area contributed by atoms with Crippen molar-refractivity contribution in [1.29, 1.82) is 0 Å². The summed E-state index contributed by atoms with van der Waals surface area (Å²) in [6.07, 6.45) is 1.32. The van der Waals surface area contributed by atoms with Gasteiger partial charge in [-0.15, -0.1) is 0 Å². The van der Waals surface area contributed by atoms with Gasteiger partial charge in [0.05, 0.1) is 4.90 Å². The predicted octanol–water partition coefficient (Wildman–Crippen LogP) is 1.02. The number of hydrogen-bond donors (Lipinski definition) is 1. The van der Waals surface area contributed by atoms with Gasteiger partial charge in [-0.05, 0) is 30.5 Å². The lowest BCUT2D eigenvalue weighted by Crippen LogP contribution is -2.28. The number of nitrogens with one attached hydrogen (secondary N) is 1. The van der Waals surface area contributed by atoms with Crippen molar-refractivity contribution in [2.24, 2.45) is 0 Å². The van der Waals surface area contributed by atoms with Crippen LogP contribution in [-0.4, -0.2) is 52.5 Å². The maximum absolute atomic E-state index is 12.4. The fourth-order valence-corrected chi connectivity index (χ4v) is 3.15. The van der Waals surface area contributed by atoms with Crippen molar-refractivity contribution < 1.29 is 17.9 Å². The number of carbonyl (C=O) groups is 1. The Hall–Kier alpha value is -1.44. The van der Waals surface area contributed by atoms with E-state index in [2.05, 4.69) is 5.32 Å². The van der Waals surface area contributed by atoms with Crippen molar-refractivity contribution in [1.82, 2.24) is 9.62 Å². The molecule has 0 atom stereocenters. The van der Waals surface area contributed by atoms with Gasteiger partial charge in [-0.3, -0.25) is 4.79 Å². The molecule has 0 radical (unpaired) electrons. The topological polar surface area (TPSA) is 75.7 Å². The Morgan fingerprint density at radius 1 is 1.27 bits per heavy atom. The van der Waals surface area contributed by atoms with Crippen LogP contribution in [0.2, 0.25) is 0 Å². The van der Waals surface area contributed by atoms with Crippen LogP contribution in [0.5, 0.6) is 0 Å². The van der Waals surface area contributed by atoms with E-state index in [0.29, 0.717) is 32.5 Å². The zero-order chi connectivity index (χ0) is 16.6. The summed E-state index contributed by atoms with van der Waals surface area (Å²) in [7, 11) is -0.305. The number of methoxy groups -OCH3 is 1. The van der Waals surface area contributed by atoms with Crippen LogP contribution in [-0.2, 0) is 26.0 Å². The third-order valence-corrected chi connectivity index (χ3v) is 5.11. The Morgan fingerprint density at radius 2 is 1.91 bits per heavy atom. The molecule has 0 aliphatic heterocycles. The normalized spacial score (nSPS) is 11.6. The van der Waals surface area contributed by atoms with Gasteiger partial charge in [0, 0.05) is 40.8 Å². The smallest absolute Gasteiger partial charge is 0.242 e. The molecule has 22 heavy (non-hydrogen) atoms. The quantitative estimate of drug-likeness (QED) is 0.687. The highest BCUT2D eigenvalue weighted by Gasteiger charge is 2.19. The number of ether oxygens (including phenoxy) is 1. The van der Waals surface area contributed by atoms with Crippen molar-refractivity contribution in [2.45, 2.75) is 24.7 Å².